The van der Waals surface area contributed by atoms with Crippen LogP contribution >= 0.6 is 0 Å². The Morgan fingerprint density at radius 1 is 0.929 bits per heavy atom. The first-order valence-electron chi connectivity index (χ1n) is 10.1. The highest BCUT2D eigenvalue weighted by Crippen LogP contribution is 2.39. The van der Waals surface area contributed by atoms with Gasteiger partial charge in [0.1, 0.15) is 5.75 Å². The van der Waals surface area contributed by atoms with Crippen molar-refractivity contribution in [1.29, 1.82) is 0 Å². The summed E-state index contributed by atoms with van der Waals surface area (Å²) in [5.41, 5.74) is 3.23. The van der Waals surface area contributed by atoms with Gasteiger partial charge in [0.2, 0.25) is 0 Å². The van der Waals surface area contributed by atoms with Crippen LogP contribution in [0.3, 0.4) is 0 Å². The van der Waals surface area contributed by atoms with Crippen LogP contribution in [0.1, 0.15) is 87.0 Å². The number of phenolic OH excluding ortho intramolecular Hbond substituents is 1. The third-order valence-corrected chi connectivity index (χ3v) is 5.52. The molecule has 2 aromatic carbocycles. The maximum atomic E-state index is 11.4. The predicted molar refractivity (Wildman–Crippen MR) is 114 cm³/mol. The van der Waals surface area contributed by atoms with E-state index >= 15 is 0 Å². The molecule has 0 bridgehead atoms. The second kappa shape index (κ2) is 9.24. The van der Waals surface area contributed by atoms with Gasteiger partial charge in [-0.05, 0) is 70.4 Å². The normalized spacial score (nSPS) is 13.9. The van der Waals surface area contributed by atoms with Crippen molar-refractivity contribution >= 4 is 5.97 Å². The molecular formula is C24H33NO3. The molecule has 0 aliphatic rings. The lowest BCUT2D eigenvalue weighted by atomic mass is 9.83. The summed E-state index contributed by atoms with van der Waals surface area (Å²) in [5.74, 6) is -0.911. The zero-order chi connectivity index (χ0) is 21.0. The van der Waals surface area contributed by atoms with Crippen LogP contribution < -0.4 is 0 Å². The Bertz CT molecular complexity index is 805. The van der Waals surface area contributed by atoms with Gasteiger partial charge in [0.25, 0.3) is 0 Å². The van der Waals surface area contributed by atoms with Crippen molar-refractivity contribution in [1.82, 2.24) is 4.90 Å². The summed E-state index contributed by atoms with van der Waals surface area (Å²) in [4.78, 5) is 13.9. The lowest BCUT2D eigenvalue weighted by molar-refractivity contribution is 0.0696. The number of phenols is 1. The smallest absolute Gasteiger partial charge is 0.335 e. The van der Waals surface area contributed by atoms with Crippen molar-refractivity contribution in [3.63, 3.8) is 0 Å². The average Bonchev–Trinajstić information content (AvgIpc) is 2.63. The molecule has 2 atom stereocenters. The van der Waals surface area contributed by atoms with Gasteiger partial charge < -0.3 is 10.2 Å². The van der Waals surface area contributed by atoms with Crippen LogP contribution in [-0.2, 0) is 0 Å². The SMILES string of the molecule is CCC(c1cc(C(=O)O)ccc1O)c1ccccc1C(C)N(C(C)C)C(C)C. The van der Waals surface area contributed by atoms with E-state index in [0.29, 0.717) is 17.6 Å². The maximum absolute atomic E-state index is 11.4. The molecule has 28 heavy (non-hydrogen) atoms. The summed E-state index contributed by atoms with van der Waals surface area (Å²) < 4.78 is 0. The maximum Gasteiger partial charge on any atom is 0.335 e. The van der Waals surface area contributed by atoms with E-state index in [1.807, 2.05) is 6.07 Å². The molecule has 0 heterocycles. The molecule has 0 aromatic heterocycles. The summed E-state index contributed by atoms with van der Waals surface area (Å²) in [7, 11) is 0. The van der Waals surface area contributed by atoms with E-state index in [4.69, 9.17) is 0 Å². The Kier molecular flexibility index (Phi) is 7.25. The van der Waals surface area contributed by atoms with E-state index in [2.05, 4.69) is 64.6 Å². The molecular weight excluding hydrogens is 350 g/mol. The van der Waals surface area contributed by atoms with E-state index in [0.717, 1.165) is 12.0 Å². The molecule has 2 aromatic rings. The van der Waals surface area contributed by atoms with E-state index < -0.39 is 5.97 Å². The molecule has 4 heteroatoms. The molecule has 2 unspecified atom stereocenters. The zero-order valence-corrected chi connectivity index (χ0v) is 17.8. The number of nitrogens with zero attached hydrogens (tertiary/aromatic N) is 1. The Morgan fingerprint density at radius 3 is 2.00 bits per heavy atom. The number of aromatic carboxylic acids is 1. The highest BCUT2D eigenvalue weighted by Gasteiger charge is 2.27. The minimum absolute atomic E-state index is 0.0703. The molecule has 4 nitrogen and oxygen atoms in total. The largest absolute Gasteiger partial charge is 0.508 e. The van der Waals surface area contributed by atoms with Gasteiger partial charge in [0, 0.05) is 29.6 Å². The number of benzene rings is 2. The number of hydrogen-bond acceptors (Lipinski definition) is 3. The van der Waals surface area contributed by atoms with Crippen LogP contribution in [0.2, 0.25) is 0 Å². The second-order valence-electron chi connectivity index (χ2n) is 7.98. The number of carboxylic acids is 1. The summed E-state index contributed by atoms with van der Waals surface area (Å²) in [6.45, 7) is 13.1. The molecule has 0 saturated heterocycles. The lowest BCUT2D eigenvalue weighted by Crippen LogP contribution is -2.39. The Balaban J connectivity index is 2.58. The lowest BCUT2D eigenvalue weighted by Gasteiger charge is -2.38. The minimum Gasteiger partial charge on any atom is -0.508 e. The number of rotatable bonds is 8. The van der Waals surface area contributed by atoms with Crippen LogP contribution in [0, 0.1) is 0 Å². The first-order valence-corrected chi connectivity index (χ1v) is 10.1. The van der Waals surface area contributed by atoms with Gasteiger partial charge in [0.05, 0.1) is 5.56 Å². The Morgan fingerprint density at radius 2 is 1.50 bits per heavy atom. The highest BCUT2D eigenvalue weighted by atomic mass is 16.4. The fourth-order valence-electron chi connectivity index (χ4n) is 4.43. The van der Waals surface area contributed by atoms with Gasteiger partial charge in [-0.25, -0.2) is 4.79 Å². The molecule has 0 fully saturated rings. The van der Waals surface area contributed by atoms with Crippen molar-refractivity contribution in [3.05, 3.63) is 64.7 Å². The topological polar surface area (TPSA) is 60.8 Å². The van der Waals surface area contributed by atoms with Crippen LogP contribution in [0.15, 0.2) is 42.5 Å². The molecule has 2 rings (SSSR count). The molecule has 0 aliphatic carbocycles. The third-order valence-electron chi connectivity index (χ3n) is 5.52. The molecule has 2 N–H and O–H groups in total. The standard InChI is InChI=1S/C24H33NO3/c1-7-19(22-14-18(24(27)28)12-13-23(22)26)21-11-9-8-10-20(21)17(6)25(15(2)3)16(4)5/h8-17,19,26H,7H2,1-6H3,(H,27,28). The number of hydrogen-bond donors (Lipinski definition) is 2. The van der Waals surface area contributed by atoms with Crippen molar-refractivity contribution in [2.45, 2.75) is 72.0 Å². The van der Waals surface area contributed by atoms with Gasteiger partial charge >= 0.3 is 5.97 Å². The van der Waals surface area contributed by atoms with Gasteiger partial charge in [-0.15, -0.1) is 0 Å². The molecule has 0 aliphatic heterocycles. The summed E-state index contributed by atoms with van der Waals surface area (Å²) in [5, 5.41) is 19.9. The molecule has 0 amide bonds. The quantitative estimate of drug-likeness (QED) is 0.604. The molecule has 0 spiro atoms. The van der Waals surface area contributed by atoms with Gasteiger partial charge in [-0.3, -0.25) is 4.90 Å². The Hall–Kier alpha value is -2.33. The third kappa shape index (κ3) is 4.56. The summed E-state index contributed by atoms with van der Waals surface area (Å²) in [6.07, 6.45) is 0.768. The van der Waals surface area contributed by atoms with Crippen LogP contribution in [-0.4, -0.2) is 33.2 Å². The van der Waals surface area contributed by atoms with Crippen LogP contribution in [0.4, 0.5) is 0 Å². The van der Waals surface area contributed by atoms with Crippen LogP contribution in [0.5, 0.6) is 5.75 Å². The molecule has 152 valence electrons. The van der Waals surface area contributed by atoms with E-state index in [1.54, 1.807) is 6.07 Å². The monoisotopic (exact) mass is 383 g/mol. The first-order chi connectivity index (χ1) is 13.2. The Labute approximate surface area is 168 Å². The van der Waals surface area contributed by atoms with Crippen molar-refractivity contribution < 1.29 is 15.0 Å². The highest BCUT2D eigenvalue weighted by molar-refractivity contribution is 5.88. The van der Waals surface area contributed by atoms with Crippen LogP contribution in [0.25, 0.3) is 0 Å². The number of aromatic hydroxyl groups is 1. The van der Waals surface area contributed by atoms with E-state index in [1.165, 1.54) is 17.7 Å². The number of carboxylic acid groups (broad SMARTS) is 1. The number of carbonyl (C=O) groups is 1. The zero-order valence-electron chi connectivity index (χ0n) is 17.8. The predicted octanol–water partition coefficient (Wildman–Crippen LogP) is 5.81. The first kappa shape index (κ1) is 22.0. The van der Waals surface area contributed by atoms with E-state index in [-0.39, 0.29) is 23.3 Å². The minimum atomic E-state index is -0.983. The molecule has 0 radical (unpaired) electrons. The summed E-state index contributed by atoms with van der Waals surface area (Å²) in [6, 6.07) is 13.9. The van der Waals surface area contributed by atoms with Crippen molar-refractivity contribution in [2.75, 3.05) is 0 Å². The van der Waals surface area contributed by atoms with Gasteiger partial charge in [0.15, 0.2) is 0 Å². The second-order valence-corrected chi connectivity index (χ2v) is 7.98. The fraction of sp³-hybridized carbons (Fsp3) is 0.458. The van der Waals surface area contributed by atoms with Gasteiger partial charge in [-0.1, -0.05) is 31.2 Å². The van der Waals surface area contributed by atoms with Gasteiger partial charge in [-0.2, -0.15) is 0 Å². The molecule has 0 saturated carbocycles. The average molecular weight is 384 g/mol. The summed E-state index contributed by atoms with van der Waals surface area (Å²) >= 11 is 0. The van der Waals surface area contributed by atoms with Crippen molar-refractivity contribution in [2.24, 2.45) is 0 Å². The van der Waals surface area contributed by atoms with Crippen molar-refractivity contribution in [3.8, 4) is 5.75 Å². The van der Waals surface area contributed by atoms with E-state index in [9.17, 15) is 15.0 Å². The fourth-order valence-corrected chi connectivity index (χ4v) is 4.43.